The fraction of sp³-hybridized carbons (Fsp3) is 0.300. The molecule has 3 rings (SSSR count). The Morgan fingerprint density at radius 2 is 2.11 bits per heavy atom. The zero-order chi connectivity index (χ0) is 20.3. The number of hydrogen-bond donors (Lipinski definition) is 2. The molecule has 28 heavy (non-hydrogen) atoms. The highest BCUT2D eigenvalue weighted by molar-refractivity contribution is 6.30. The van der Waals surface area contributed by atoms with Gasteiger partial charge in [0.2, 0.25) is 0 Å². The van der Waals surface area contributed by atoms with Gasteiger partial charge in [0.1, 0.15) is 11.5 Å². The highest BCUT2D eigenvalue weighted by Gasteiger charge is 2.31. The molecule has 148 valence electrons. The molecule has 6 nitrogen and oxygen atoms in total. The first kappa shape index (κ1) is 20.1. The molecule has 0 spiro atoms. The Kier molecular flexibility index (Phi) is 6.16. The predicted molar refractivity (Wildman–Crippen MR) is 106 cm³/mol. The number of benzene rings is 1. The SMILES string of the molecule is C=C(N=C(ON)c1cc(Cl)c[nH]1)[C@@H]1CC[C@H](C)N(C(=O)c2ccc(F)cc2)C1. The van der Waals surface area contributed by atoms with Gasteiger partial charge in [-0.05, 0) is 50.1 Å². The first-order valence-corrected chi connectivity index (χ1v) is 9.32. The molecule has 0 unspecified atom stereocenters. The molecule has 1 aromatic heterocycles. The molecule has 1 amide bonds. The highest BCUT2D eigenvalue weighted by atomic mass is 35.5. The van der Waals surface area contributed by atoms with Gasteiger partial charge in [-0.15, -0.1) is 0 Å². The number of hydrogen-bond acceptors (Lipinski definition) is 4. The van der Waals surface area contributed by atoms with Crippen LogP contribution in [0.3, 0.4) is 0 Å². The minimum absolute atomic E-state index is 0.0452. The summed E-state index contributed by atoms with van der Waals surface area (Å²) in [6.45, 7) is 6.50. The summed E-state index contributed by atoms with van der Waals surface area (Å²) in [5, 5.41) is 0.507. The number of nitrogens with one attached hydrogen (secondary N) is 1. The number of aromatic amines is 1. The normalized spacial score (nSPS) is 20.1. The van der Waals surface area contributed by atoms with Gasteiger partial charge >= 0.3 is 0 Å². The minimum atomic E-state index is -0.373. The number of likely N-dealkylation sites (tertiary alicyclic amines) is 1. The van der Waals surface area contributed by atoms with E-state index >= 15 is 0 Å². The molecule has 1 aliphatic rings. The smallest absolute Gasteiger partial charge is 0.261 e. The molecule has 2 heterocycles. The summed E-state index contributed by atoms with van der Waals surface area (Å²) in [5.41, 5.74) is 1.56. The summed E-state index contributed by atoms with van der Waals surface area (Å²) in [6, 6.07) is 7.28. The Morgan fingerprint density at radius 3 is 2.71 bits per heavy atom. The largest absolute Gasteiger partial charge is 0.389 e. The van der Waals surface area contributed by atoms with Gasteiger partial charge in [-0.3, -0.25) is 4.79 Å². The van der Waals surface area contributed by atoms with E-state index in [2.05, 4.69) is 16.6 Å². The summed E-state index contributed by atoms with van der Waals surface area (Å²) >= 11 is 5.91. The van der Waals surface area contributed by atoms with Crippen molar-refractivity contribution in [1.29, 1.82) is 0 Å². The number of carbonyl (C=O) groups is 1. The summed E-state index contributed by atoms with van der Waals surface area (Å²) in [5.74, 6) is 4.96. The molecule has 1 fully saturated rings. The van der Waals surface area contributed by atoms with Crippen LogP contribution >= 0.6 is 11.6 Å². The van der Waals surface area contributed by atoms with Crippen LogP contribution in [-0.2, 0) is 4.84 Å². The maximum Gasteiger partial charge on any atom is 0.261 e. The van der Waals surface area contributed by atoms with Crippen LogP contribution in [0.25, 0.3) is 0 Å². The predicted octanol–water partition coefficient (Wildman–Crippen LogP) is 3.90. The van der Waals surface area contributed by atoms with E-state index in [9.17, 15) is 9.18 Å². The van der Waals surface area contributed by atoms with E-state index in [1.807, 2.05) is 6.92 Å². The van der Waals surface area contributed by atoms with Crippen LogP contribution in [0.5, 0.6) is 0 Å². The first-order valence-electron chi connectivity index (χ1n) is 8.94. The Labute approximate surface area is 167 Å². The second-order valence-electron chi connectivity index (χ2n) is 6.85. The standard InChI is InChI=1S/C20H22ClFN4O2/c1-12-3-4-15(11-26(12)20(27)14-5-7-17(22)8-6-14)13(2)25-19(28-23)18-9-16(21)10-24-18/h5-10,12,15,24H,2-4,11,23H2,1H3/t12-,15+/m0/s1. The summed E-state index contributed by atoms with van der Waals surface area (Å²) in [4.78, 5) is 26.8. The average molecular weight is 405 g/mol. The molecule has 2 atom stereocenters. The van der Waals surface area contributed by atoms with Gasteiger partial charge in [-0.25, -0.2) is 9.38 Å². The number of amides is 1. The van der Waals surface area contributed by atoms with Crippen LogP contribution in [0.4, 0.5) is 4.39 Å². The van der Waals surface area contributed by atoms with Crippen LogP contribution < -0.4 is 5.90 Å². The molecule has 0 aliphatic carbocycles. The van der Waals surface area contributed by atoms with Crippen LogP contribution in [0.15, 0.2) is 53.8 Å². The van der Waals surface area contributed by atoms with Gasteiger partial charge in [-0.2, -0.15) is 5.90 Å². The van der Waals surface area contributed by atoms with Crippen LogP contribution in [0, 0.1) is 11.7 Å². The van der Waals surface area contributed by atoms with Crippen molar-refractivity contribution in [3.8, 4) is 0 Å². The van der Waals surface area contributed by atoms with Crippen molar-refractivity contribution in [2.45, 2.75) is 25.8 Å². The number of halogens is 2. The van der Waals surface area contributed by atoms with Gasteiger partial charge in [0.15, 0.2) is 0 Å². The van der Waals surface area contributed by atoms with Crippen molar-refractivity contribution >= 4 is 23.4 Å². The van der Waals surface area contributed by atoms with Crippen molar-refractivity contribution in [2.24, 2.45) is 16.8 Å². The third kappa shape index (κ3) is 4.43. The molecular formula is C20H22ClFN4O2. The van der Waals surface area contributed by atoms with E-state index in [1.165, 1.54) is 24.3 Å². The van der Waals surface area contributed by atoms with Crippen LogP contribution in [-0.4, -0.2) is 34.3 Å². The number of carbonyl (C=O) groups excluding carboxylic acids is 1. The van der Waals surface area contributed by atoms with Crippen LogP contribution in [0.2, 0.25) is 5.02 Å². The van der Waals surface area contributed by atoms with E-state index in [1.54, 1.807) is 17.2 Å². The fourth-order valence-electron chi connectivity index (χ4n) is 3.28. The van der Waals surface area contributed by atoms with E-state index < -0.39 is 0 Å². The quantitative estimate of drug-likeness (QED) is 0.460. The van der Waals surface area contributed by atoms with Gasteiger partial charge in [-0.1, -0.05) is 18.2 Å². The minimum Gasteiger partial charge on any atom is -0.389 e. The molecule has 3 N–H and O–H groups in total. The molecule has 2 aromatic rings. The highest BCUT2D eigenvalue weighted by Crippen LogP contribution is 2.29. The molecule has 1 aromatic carbocycles. The Morgan fingerprint density at radius 1 is 1.39 bits per heavy atom. The second kappa shape index (κ2) is 8.58. The average Bonchev–Trinajstić information content (AvgIpc) is 3.12. The number of piperidine rings is 1. The Bertz CT molecular complexity index is 894. The lowest BCUT2D eigenvalue weighted by Crippen LogP contribution is -2.45. The van der Waals surface area contributed by atoms with E-state index in [4.69, 9.17) is 22.3 Å². The molecule has 0 radical (unpaired) electrons. The first-order chi connectivity index (χ1) is 13.4. The van der Waals surface area contributed by atoms with E-state index in [0.717, 1.165) is 12.8 Å². The molecule has 8 heteroatoms. The number of aliphatic imine (C=N–C) groups is 1. The topological polar surface area (TPSA) is 83.7 Å². The molecular weight excluding hydrogens is 383 g/mol. The lowest BCUT2D eigenvalue weighted by molar-refractivity contribution is 0.0585. The number of aromatic nitrogens is 1. The van der Waals surface area contributed by atoms with Gasteiger partial charge < -0.3 is 14.7 Å². The fourth-order valence-corrected chi connectivity index (χ4v) is 3.45. The monoisotopic (exact) mass is 404 g/mol. The number of nitrogens with two attached hydrogens (primary N) is 1. The third-order valence-electron chi connectivity index (χ3n) is 4.94. The zero-order valence-corrected chi connectivity index (χ0v) is 16.2. The number of rotatable bonds is 4. The van der Waals surface area contributed by atoms with Crippen LogP contribution in [0.1, 0.15) is 35.8 Å². The van der Waals surface area contributed by atoms with Crippen molar-refractivity contribution in [3.63, 3.8) is 0 Å². The van der Waals surface area contributed by atoms with Gasteiger partial charge in [0.25, 0.3) is 11.8 Å². The number of nitrogens with zero attached hydrogens (tertiary/aromatic N) is 2. The lowest BCUT2D eigenvalue weighted by Gasteiger charge is -2.38. The maximum absolute atomic E-state index is 13.1. The van der Waals surface area contributed by atoms with Crippen molar-refractivity contribution < 1.29 is 14.0 Å². The second-order valence-corrected chi connectivity index (χ2v) is 7.28. The molecule has 1 aliphatic heterocycles. The Hall–Kier alpha value is -2.64. The zero-order valence-electron chi connectivity index (χ0n) is 15.5. The summed E-state index contributed by atoms with van der Waals surface area (Å²) in [6.07, 6.45) is 3.24. The molecule has 0 saturated carbocycles. The van der Waals surface area contributed by atoms with Crippen molar-refractivity contribution in [2.75, 3.05) is 6.54 Å². The van der Waals surface area contributed by atoms with Crippen molar-refractivity contribution in [1.82, 2.24) is 9.88 Å². The van der Waals surface area contributed by atoms with E-state index in [0.29, 0.717) is 28.5 Å². The van der Waals surface area contributed by atoms with Gasteiger partial charge in [0, 0.05) is 36.0 Å². The Balaban J connectivity index is 1.75. The van der Waals surface area contributed by atoms with Crippen molar-refractivity contribution in [3.05, 3.63) is 70.9 Å². The molecule has 1 saturated heterocycles. The maximum atomic E-state index is 13.1. The van der Waals surface area contributed by atoms with Gasteiger partial charge in [0.05, 0.1) is 5.02 Å². The lowest BCUT2D eigenvalue weighted by atomic mass is 9.91. The summed E-state index contributed by atoms with van der Waals surface area (Å²) < 4.78 is 13.1. The summed E-state index contributed by atoms with van der Waals surface area (Å²) in [7, 11) is 0. The van der Waals surface area contributed by atoms with E-state index in [-0.39, 0.29) is 29.6 Å². The number of H-pyrrole nitrogens is 1. The third-order valence-corrected chi connectivity index (χ3v) is 5.16. The molecule has 0 bridgehead atoms.